The molecule has 0 radical (unpaired) electrons. The van der Waals surface area contributed by atoms with E-state index in [4.69, 9.17) is 0 Å². The maximum atomic E-state index is 10.7. The third-order valence-corrected chi connectivity index (χ3v) is 4.35. The largest absolute Gasteiger partial charge is 0.385 e. The van der Waals surface area contributed by atoms with Crippen molar-refractivity contribution in [1.82, 2.24) is 0 Å². The van der Waals surface area contributed by atoms with Crippen LogP contribution in [0.25, 0.3) is 0 Å². The van der Waals surface area contributed by atoms with E-state index in [2.05, 4.69) is 4.99 Å². The molecule has 94 valence electrons. The van der Waals surface area contributed by atoms with Crippen molar-refractivity contribution >= 4 is 6.08 Å². The van der Waals surface area contributed by atoms with Crippen LogP contribution < -0.4 is 0 Å². The average molecular weight is 243 g/mol. The smallest absolute Gasteiger partial charge is 0.235 e. The highest BCUT2D eigenvalue weighted by Crippen LogP contribution is 2.48. The summed E-state index contributed by atoms with van der Waals surface area (Å²) in [5.74, 6) is 0. The number of aliphatic imine (C=N–C) groups is 1. The van der Waals surface area contributed by atoms with Crippen molar-refractivity contribution in [3.05, 3.63) is 35.4 Å². The monoisotopic (exact) mass is 243 g/mol. The Morgan fingerprint density at radius 2 is 1.78 bits per heavy atom. The van der Waals surface area contributed by atoms with Gasteiger partial charge in [0.15, 0.2) is 0 Å². The predicted molar refractivity (Wildman–Crippen MR) is 67.8 cm³/mol. The summed E-state index contributed by atoms with van der Waals surface area (Å²) in [5, 5.41) is 10.2. The fourth-order valence-electron chi connectivity index (χ4n) is 3.02. The highest BCUT2D eigenvalue weighted by atomic mass is 16.3. The zero-order chi connectivity index (χ0) is 12.6. The van der Waals surface area contributed by atoms with E-state index in [1.807, 2.05) is 24.3 Å². The molecule has 0 saturated heterocycles. The zero-order valence-corrected chi connectivity index (χ0v) is 10.4. The maximum Gasteiger partial charge on any atom is 0.235 e. The number of hydrogen-bond acceptors (Lipinski definition) is 3. The lowest BCUT2D eigenvalue weighted by Crippen LogP contribution is -2.19. The molecular formula is C15H17NO2. The highest BCUT2D eigenvalue weighted by Gasteiger charge is 2.43. The molecule has 0 bridgehead atoms. The zero-order valence-electron chi connectivity index (χ0n) is 10.4. The summed E-state index contributed by atoms with van der Waals surface area (Å²) >= 11 is 0. The number of nitrogens with zero attached hydrogens (tertiary/aromatic N) is 1. The van der Waals surface area contributed by atoms with Crippen LogP contribution >= 0.6 is 0 Å². The van der Waals surface area contributed by atoms with Gasteiger partial charge in [-0.1, -0.05) is 37.1 Å². The molecule has 0 amide bonds. The fourth-order valence-corrected chi connectivity index (χ4v) is 3.02. The standard InChI is InChI=1S/C15H17NO2/c17-11-16-14(6-1-2-7-14)12-4-3-5-13(10-12)15(18)8-9-15/h3-5,10,18H,1-2,6-9H2. The van der Waals surface area contributed by atoms with Crippen LogP contribution in [0.1, 0.15) is 49.7 Å². The van der Waals surface area contributed by atoms with Gasteiger partial charge in [0.05, 0.1) is 11.1 Å². The average Bonchev–Trinajstić information content (AvgIpc) is 2.97. The quantitative estimate of drug-likeness (QED) is 0.655. The Hall–Kier alpha value is -1.44. The SMILES string of the molecule is O=C=NC1(c2cccc(C3(O)CC3)c2)CCCC1. The minimum absolute atomic E-state index is 0.386. The molecule has 2 aliphatic rings. The Morgan fingerprint density at radius 3 is 2.39 bits per heavy atom. The lowest BCUT2D eigenvalue weighted by Gasteiger charge is -2.24. The van der Waals surface area contributed by atoms with Gasteiger partial charge in [-0.15, -0.1) is 0 Å². The minimum Gasteiger partial charge on any atom is -0.385 e. The van der Waals surface area contributed by atoms with Crippen molar-refractivity contribution in [3.8, 4) is 0 Å². The molecule has 0 heterocycles. The Labute approximate surface area is 107 Å². The Morgan fingerprint density at radius 1 is 1.11 bits per heavy atom. The molecule has 0 aliphatic heterocycles. The Kier molecular flexibility index (Phi) is 2.61. The fraction of sp³-hybridized carbons (Fsp3) is 0.533. The van der Waals surface area contributed by atoms with Crippen molar-refractivity contribution in [1.29, 1.82) is 0 Å². The van der Waals surface area contributed by atoms with Gasteiger partial charge in [-0.3, -0.25) is 0 Å². The van der Waals surface area contributed by atoms with Crippen LogP contribution in [0.4, 0.5) is 0 Å². The minimum atomic E-state index is -0.624. The molecule has 1 N–H and O–H groups in total. The van der Waals surface area contributed by atoms with Crippen molar-refractivity contribution < 1.29 is 9.90 Å². The molecule has 3 nitrogen and oxygen atoms in total. The highest BCUT2D eigenvalue weighted by molar-refractivity contribution is 5.41. The van der Waals surface area contributed by atoms with Crippen molar-refractivity contribution in [2.75, 3.05) is 0 Å². The predicted octanol–water partition coefficient (Wildman–Crippen LogP) is 2.77. The van der Waals surface area contributed by atoms with E-state index < -0.39 is 5.60 Å². The van der Waals surface area contributed by atoms with Crippen LogP contribution in [0.2, 0.25) is 0 Å². The number of isocyanates is 1. The van der Waals surface area contributed by atoms with Crippen LogP contribution in [0, 0.1) is 0 Å². The van der Waals surface area contributed by atoms with Gasteiger partial charge in [-0.2, -0.15) is 4.99 Å². The van der Waals surface area contributed by atoms with Crippen LogP contribution in [0.3, 0.4) is 0 Å². The molecule has 0 atom stereocenters. The maximum absolute atomic E-state index is 10.7. The second kappa shape index (κ2) is 4.04. The molecule has 3 rings (SSSR count). The van der Waals surface area contributed by atoms with Gasteiger partial charge in [0.2, 0.25) is 6.08 Å². The summed E-state index contributed by atoms with van der Waals surface area (Å²) in [5.41, 5.74) is 1.01. The van der Waals surface area contributed by atoms with Gasteiger partial charge in [-0.25, -0.2) is 4.79 Å². The van der Waals surface area contributed by atoms with Gasteiger partial charge < -0.3 is 5.11 Å². The molecule has 2 fully saturated rings. The number of carbonyl (C=O) groups excluding carboxylic acids is 1. The molecule has 1 aromatic carbocycles. The van der Waals surface area contributed by atoms with E-state index in [1.165, 1.54) is 0 Å². The first-order valence-electron chi connectivity index (χ1n) is 6.61. The van der Waals surface area contributed by atoms with Crippen molar-refractivity contribution in [2.45, 2.75) is 49.7 Å². The molecule has 0 spiro atoms. The topological polar surface area (TPSA) is 49.7 Å². The first kappa shape index (κ1) is 11.6. The second-order valence-electron chi connectivity index (χ2n) is 5.55. The summed E-state index contributed by atoms with van der Waals surface area (Å²) < 4.78 is 0. The first-order valence-corrected chi connectivity index (χ1v) is 6.61. The van der Waals surface area contributed by atoms with E-state index in [-0.39, 0.29) is 5.54 Å². The van der Waals surface area contributed by atoms with Crippen molar-refractivity contribution in [2.24, 2.45) is 4.99 Å². The Bertz CT molecular complexity index is 507. The molecular weight excluding hydrogens is 226 g/mol. The van der Waals surface area contributed by atoms with E-state index >= 15 is 0 Å². The van der Waals surface area contributed by atoms with Crippen LogP contribution in [0.15, 0.2) is 29.3 Å². The second-order valence-corrected chi connectivity index (χ2v) is 5.55. The normalized spacial score (nSPS) is 23.4. The van der Waals surface area contributed by atoms with Crippen molar-refractivity contribution in [3.63, 3.8) is 0 Å². The summed E-state index contributed by atoms with van der Waals surface area (Å²) in [6, 6.07) is 7.96. The molecule has 3 heteroatoms. The molecule has 2 saturated carbocycles. The van der Waals surface area contributed by atoms with E-state index in [0.29, 0.717) is 0 Å². The number of rotatable bonds is 3. The molecule has 0 unspecified atom stereocenters. The van der Waals surface area contributed by atoms with E-state index in [0.717, 1.165) is 49.7 Å². The summed E-state index contributed by atoms with van der Waals surface area (Å²) in [4.78, 5) is 14.8. The third-order valence-electron chi connectivity index (χ3n) is 4.35. The van der Waals surface area contributed by atoms with Gasteiger partial charge in [-0.05, 0) is 36.8 Å². The summed E-state index contributed by atoms with van der Waals surface area (Å²) in [7, 11) is 0. The number of aliphatic hydroxyl groups is 1. The lowest BCUT2D eigenvalue weighted by molar-refractivity contribution is 0.151. The van der Waals surface area contributed by atoms with E-state index in [9.17, 15) is 9.90 Å². The van der Waals surface area contributed by atoms with Gasteiger partial charge in [0, 0.05) is 0 Å². The van der Waals surface area contributed by atoms with Gasteiger partial charge in [0.1, 0.15) is 0 Å². The van der Waals surface area contributed by atoms with Crippen LogP contribution in [-0.2, 0) is 15.9 Å². The Balaban J connectivity index is 2.02. The van der Waals surface area contributed by atoms with Gasteiger partial charge in [0.25, 0.3) is 0 Å². The summed E-state index contributed by atoms with van der Waals surface area (Å²) in [6.07, 6.45) is 7.41. The van der Waals surface area contributed by atoms with Gasteiger partial charge >= 0.3 is 0 Å². The molecule has 2 aliphatic carbocycles. The lowest BCUT2D eigenvalue weighted by atomic mass is 9.87. The molecule has 1 aromatic rings. The first-order chi connectivity index (χ1) is 8.69. The van der Waals surface area contributed by atoms with E-state index in [1.54, 1.807) is 6.08 Å². The number of benzene rings is 1. The summed E-state index contributed by atoms with van der Waals surface area (Å²) in [6.45, 7) is 0. The van der Waals surface area contributed by atoms with Crippen LogP contribution in [0.5, 0.6) is 0 Å². The third kappa shape index (κ3) is 1.80. The molecule has 18 heavy (non-hydrogen) atoms. The number of hydrogen-bond donors (Lipinski definition) is 1. The van der Waals surface area contributed by atoms with Crippen LogP contribution in [-0.4, -0.2) is 11.2 Å². The molecule has 0 aromatic heterocycles.